The lowest BCUT2D eigenvalue weighted by molar-refractivity contribution is -0.157. The molecule has 5 N–H and O–H groups in total. The highest BCUT2D eigenvalue weighted by Gasteiger charge is 2.42. The van der Waals surface area contributed by atoms with Gasteiger partial charge in [-0.3, -0.25) is 14.3 Å². The maximum atomic E-state index is 14.1. The molecule has 1 aliphatic rings. The van der Waals surface area contributed by atoms with E-state index in [2.05, 4.69) is 4.74 Å². The van der Waals surface area contributed by atoms with E-state index in [0.717, 1.165) is 16.8 Å². The van der Waals surface area contributed by atoms with Crippen LogP contribution in [0.2, 0.25) is 0 Å². The van der Waals surface area contributed by atoms with Gasteiger partial charge in [-0.1, -0.05) is 0 Å². The first-order chi connectivity index (χ1) is 14.0. The molecule has 0 bridgehead atoms. The van der Waals surface area contributed by atoms with E-state index in [1.165, 1.54) is 0 Å². The number of carboxylic acid groups (broad SMARTS) is 1. The molecule has 1 saturated heterocycles. The molecule has 0 aliphatic carbocycles. The number of phenols is 1. The lowest BCUT2D eigenvalue weighted by Gasteiger charge is -2.23. The fraction of sp³-hybridized carbons (Fsp3) is 0.312. The van der Waals surface area contributed by atoms with E-state index >= 15 is 0 Å². The number of aromatic amines is 1. The van der Waals surface area contributed by atoms with Crippen LogP contribution >= 0.6 is 0 Å². The first-order valence-corrected chi connectivity index (χ1v) is 8.15. The minimum Gasteiger partial charge on any atom is -0.504 e. The summed E-state index contributed by atoms with van der Waals surface area (Å²) in [5, 5.41) is 38.3. The number of hydrogen-bond acceptors (Lipinski definition) is 8. The largest absolute Gasteiger partial charge is 0.504 e. The van der Waals surface area contributed by atoms with Crippen LogP contribution < -0.4 is 16.0 Å². The van der Waals surface area contributed by atoms with Crippen molar-refractivity contribution < 1.29 is 47.9 Å². The molecular weight excluding hydrogens is 421 g/mol. The van der Waals surface area contributed by atoms with E-state index in [1.54, 1.807) is 0 Å². The van der Waals surface area contributed by atoms with Crippen LogP contribution in [0.15, 0.2) is 21.9 Å². The summed E-state index contributed by atoms with van der Waals surface area (Å²) in [6.07, 6.45) is -6.03. The Bertz CT molecular complexity index is 1090. The molecule has 14 heteroatoms. The molecule has 2 heterocycles. The van der Waals surface area contributed by atoms with Gasteiger partial charge in [-0.15, -0.1) is 0 Å². The van der Waals surface area contributed by atoms with Crippen molar-refractivity contribution in [1.29, 1.82) is 0 Å². The number of benzene rings is 1. The molecule has 1 aliphatic heterocycles. The summed E-state index contributed by atoms with van der Waals surface area (Å²) in [7, 11) is 0. The maximum Gasteiger partial charge on any atom is 0.342 e. The number of carbonyl (C=O) groups is 1. The molecule has 1 aromatic heterocycles. The normalized spacial score (nSPS) is 22.1. The van der Waals surface area contributed by atoms with Crippen LogP contribution in [0.25, 0.3) is 0 Å². The Morgan fingerprint density at radius 1 is 1.27 bits per heavy atom. The predicted octanol–water partition coefficient (Wildman–Crippen LogP) is -0.597. The third-order valence-electron chi connectivity index (χ3n) is 4.29. The summed E-state index contributed by atoms with van der Waals surface area (Å²) in [6.45, 7) is 0. The molecule has 0 saturated carbocycles. The van der Waals surface area contributed by atoms with E-state index in [1.807, 2.05) is 4.98 Å². The van der Waals surface area contributed by atoms with Gasteiger partial charge in [0.15, 0.2) is 11.6 Å². The molecule has 2 unspecified atom stereocenters. The van der Waals surface area contributed by atoms with Gasteiger partial charge in [0.05, 0.1) is 6.10 Å². The minimum absolute atomic E-state index is 0.306. The number of H-pyrrole nitrogens is 1. The monoisotopic (exact) mass is 434 g/mol. The molecule has 0 amide bonds. The van der Waals surface area contributed by atoms with Crippen molar-refractivity contribution in [3.05, 3.63) is 56.1 Å². The van der Waals surface area contributed by atoms with Gasteiger partial charge in [-0.2, -0.15) is 8.78 Å². The Morgan fingerprint density at radius 2 is 1.93 bits per heavy atom. The van der Waals surface area contributed by atoms with Crippen LogP contribution in [0, 0.1) is 17.5 Å². The Kier molecular flexibility index (Phi) is 5.56. The number of hydrogen-bond donors (Lipinski definition) is 5. The van der Waals surface area contributed by atoms with Gasteiger partial charge in [0.2, 0.25) is 23.7 Å². The van der Waals surface area contributed by atoms with E-state index in [9.17, 15) is 42.9 Å². The van der Waals surface area contributed by atoms with Crippen LogP contribution in [-0.4, -0.2) is 54.4 Å². The molecule has 162 valence electrons. The number of ether oxygens (including phenoxy) is 2. The second kappa shape index (κ2) is 7.81. The van der Waals surface area contributed by atoms with E-state index in [0.29, 0.717) is 0 Å². The molecule has 3 rings (SSSR count). The van der Waals surface area contributed by atoms with Crippen molar-refractivity contribution in [2.75, 3.05) is 0 Å². The zero-order valence-corrected chi connectivity index (χ0v) is 14.6. The lowest BCUT2D eigenvalue weighted by Crippen LogP contribution is -2.39. The average molecular weight is 434 g/mol. The number of aliphatic hydroxyl groups excluding tert-OH is 2. The highest BCUT2D eigenvalue weighted by Crippen LogP contribution is 2.37. The number of aromatic nitrogens is 2. The van der Waals surface area contributed by atoms with E-state index < -0.39 is 76.5 Å². The molecule has 11 nitrogen and oxygen atoms in total. The number of halogens is 3. The van der Waals surface area contributed by atoms with Crippen molar-refractivity contribution in [1.82, 2.24) is 9.55 Å². The van der Waals surface area contributed by atoms with Gasteiger partial charge in [0, 0.05) is 18.7 Å². The maximum absolute atomic E-state index is 14.1. The Morgan fingerprint density at radius 3 is 2.53 bits per heavy atom. The summed E-state index contributed by atoms with van der Waals surface area (Å²) >= 11 is 0. The van der Waals surface area contributed by atoms with Gasteiger partial charge in [0.1, 0.15) is 17.9 Å². The molecule has 0 spiro atoms. The summed E-state index contributed by atoms with van der Waals surface area (Å²) in [5.41, 5.74) is -3.28. The summed E-state index contributed by atoms with van der Waals surface area (Å²) in [5.74, 6) is -11.9. The summed E-state index contributed by atoms with van der Waals surface area (Å²) in [6, 6.07) is 0.984. The van der Waals surface area contributed by atoms with E-state index in [4.69, 9.17) is 9.84 Å². The lowest BCUT2D eigenvalue weighted by atomic mass is 10.1. The third-order valence-corrected chi connectivity index (χ3v) is 4.29. The van der Waals surface area contributed by atoms with Crippen molar-refractivity contribution in [2.24, 2.45) is 0 Å². The molecule has 1 aromatic carbocycles. The van der Waals surface area contributed by atoms with Crippen molar-refractivity contribution in [2.45, 2.75) is 31.1 Å². The van der Waals surface area contributed by atoms with Gasteiger partial charge >= 0.3 is 11.7 Å². The van der Waals surface area contributed by atoms with Crippen LogP contribution in [0.5, 0.6) is 11.5 Å². The topological polar surface area (TPSA) is 171 Å². The SMILES string of the molecule is O=C(O)c1c(O)c(F)c(OC(O)[C@@H]2O[C@H](n3ccc(=O)[nH]c3=O)CC2O)c(F)c1F. The number of aliphatic hydroxyl groups is 2. The summed E-state index contributed by atoms with van der Waals surface area (Å²) in [4.78, 5) is 35.7. The highest BCUT2D eigenvalue weighted by molar-refractivity contribution is 5.91. The number of nitrogens with one attached hydrogen (secondary N) is 1. The second-order valence-electron chi connectivity index (χ2n) is 6.18. The molecular formula is C16H13F3N2O9. The fourth-order valence-electron chi connectivity index (χ4n) is 2.87. The predicted molar refractivity (Wildman–Crippen MR) is 87.4 cm³/mol. The Labute approximate surface area is 163 Å². The van der Waals surface area contributed by atoms with Crippen molar-refractivity contribution in [3.8, 4) is 11.5 Å². The molecule has 0 radical (unpaired) electrons. The number of carboxylic acids is 1. The van der Waals surface area contributed by atoms with Crippen molar-refractivity contribution in [3.63, 3.8) is 0 Å². The quantitative estimate of drug-likeness (QED) is 0.304. The number of aromatic hydroxyl groups is 1. The van der Waals surface area contributed by atoms with Gasteiger partial charge < -0.3 is 29.9 Å². The van der Waals surface area contributed by atoms with E-state index in [-0.39, 0.29) is 6.42 Å². The number of aromatic carboxylic acids is 1. The molecule has 30 heavy (non-hydrogen) atoms. The average Bonchev–Trinajstić information content (AvgIpc) is 3.04. The standard InChI is InChI=1S/C16H13F3N2O9/c17-8-7(14(25)26)11(24)10(19)13(9(8)18)30-15(27)12-4(22)3-6(29-12)21-2-1-5(23)20-16(21)28/h1-2,4,6,12,15,22,24,27H,3H2,(H,25,26)(H,20,23,28)/t4?,6-,12+,15?/m0/s1. The zero-order chi connectivity index (χ0) is 22.3. The number of rotatable bonds is 5. The Hall–Kier alpha value is -3.36. The molecule has 4 atom stereocenters. The smallest absolute Gasteiger partial charge is 0.342 e. The zero-order valence-electron chi connectivity index (χ0n) is 14.6. The second-order valence-corrected chi connectivity index (χ2v) is 6.18. The first-order valence-electron chi connectivity index (χ1n) is 8.15. The Balaban J connectivity index is 1.86. The van der Waals surface area contributed by atoms with Crippen molar-refractivity contribution >= 4 is 5.97 Å². The molecule has 2 aromatic rings. The third kappa shape index (κ3) is 3.62. The van der Waals surface area contributed by atoms with Crippen LogP contribution in [0.3, 0.4) is 0 Å². The van der Waals surface area contributed by atoms with Crippen LogP contribution in [0.4, 0.5) is 13.2 Å². The molecule has 1 fully saturated rings. The van der Waals surface area contributed by atoms with Gasteiger partial charge in [0.25, 0.3) is 5.56 Å². The van der Waals surface area contributed by atoms with Gasteiger partial charge in [-0.05, 0) is 0 Å². The minimum atomic E-state index is -2.33. The number of nitrogens with zero attached hydrogens (tertiary/aromatic N) is 1. The van der Waals surface area contributed by atoms with Crippen LogP contribution in [0.1, 0.15) is 23.0 Å². The summed E-state index contributed by atoms with van der Waals surface area (Å²) < 4.78 is 52.6. The fourth-order valence-corrected chi connectivity index (χ4v) is 2.87. The van der Waals surface area contributed by atoms with Crippen LogP contribution in [-0.2, 0) is 4.74 Å². The highest BCUT2D eigenvalue weighted by atomic mass is 19.2. The van der Waals surface area contributed by atoms with Gasteiger partial charge in [-0.25, -0.2) is 14.0 Å². The first kappa shape index (κ1) is 21.4.